The molecular weight excluding hydrogens is 238 g/mol. The van der Waals surface area contributed by atoms with E-state index in [1.165, 1.54) is 21.9 Å². The number of amides is 1. The molecule has 3 rings (SSSR count). The van der Waals surface area contributed by atoms with E-state index < -0.39 is 0 Å². The third kappa shape index (κ3) is 1.95. The van der Waals surface area contributed by atoms with E-state index in [1.54, 1.807) is 14.0 Å². The van der Waals surface area contributed by atoms with E-state index in [0.717, 1.165) is 12.2 Å². The lowest BCUT2D eigenvalue weighted by molar-refractivity contribution is -0.119. The molecule has 0 heterocycles. The Kier molecular flexibility index (Phi) is 2.90. The van der Waals surface area contributed by atoms with Crippen LogP contribution in [-0.4, -0.2) is 19.6 Å². The molecular formula is C16H17NO2. The average Bonchev–Trinajstić information content (AvgIpc) is 2.78. The zero-order chi connectivity index (χ0) is 13.4. The fraction of sp³-hybridized carbons (Fsp3) is 0.312. The van der Waals surface area contributed by atoms with Crippen molar-refractivity contribution in [2.75, 3.05) is 13.7 Å². The molecule has 0 saturated carbocycles. The summed E-state index contributed by atoms with van der Waals surface area (Å²) in [7, 11) is 1.70. The number of hydrogen-bond donors (Lipinski definition) is 1. The first-order valence-corrected chi connectivity index (χ1v) is 6.53. The van der Waals surface area contributed by atoms with Crippen molar-refractivity contribution in [3.8, 4) is 5.75 Å². The van der Waals surface area contributed by atoms with Crippen molar-refractivity contribution < 1.29 is 9.53 Å². The fourth-order valence-electron chi connectivity index (χ4n) is 3.03. The Hall–Kier alpha value is -2.03. The monoisotopic (exact) mass is 255 g/mol. The summed E-state index contributed by atoms with van der Waals surface area (Å²) in [5, 5.41) is 5.47. The summed E-state index contributed by atoms with van der Waals surface area (Å²) >= 11 is 0. The lowest BCUT2D eigenvalue weighted by atomic mass is 9.98. The maximum Gasteiger partial charge on any atom is 0.216 e. The average molecular weight is 255 g/mol. The maximum atomic E-state index is 11.1. The quantitative estimate of drug-likeness (QED) is 0.915. The summed E-state index contributed by atoms with van der Waals surface area (Å²) in [4.78, 5) is 11.1. The number of carbonyl (C=O) groups is 1. The summed E-state index contributed by atoms with van der Waals surface area (Å²) in [5.41, 5.74) is 2.59. The SMILES string of the molecule is COc1ccc2cccc3c2c1[C@H](CNC(C)=O)C3. The topological polar surface area (TPSA) is 38.3 Å². The molecule has 0 bridgehead atoms. The van der Waals surface area contributed by atoms with E-state index >= 15 is 0 Å². The summed E-state index contributed by atoms with van der Waals surface area (Å²) in [5.74, 6) is 1.25. The molecule has 1 atom stereocenters. The van der Waals surface area contributed by atoms with Gasteiger partial charge < -0.3 is 10.1 Å². The molecule has 0 saturated heterocycles. The summed E-state index contributed by atoms with van der Waals surface area (Å²) < 4.78 is 5.50. The van der Waals surface area contributed by atoms with Crippen LogP contribution in [0.2, 0.25) is 0 Å². The van der Waals surface area contributed by atoms with Crippen LogP contribution in [0.5, 0.6) is 5.75 Å². The lowest BCUT2D eigenvalue weighted by Gasteiger charge is -2.15. The predicted octanol–water partition coefficient (Wildman–Crippen LogP) is 2.62. The van der Waals surface area contributed by atoms with E-state index in [9.17, 15) is 4.79 Å². The number of nitrogens with one attached hydrogen (secondary N) is 1. The molecule has 0 fully saturated rings. The zero-order valence-electron chi connectivity index (χ0n) is 11.2. The van der Waals surface area contributed by atoms with Crippen LogP contribution in [0.1, 0.15) is 24.0 Å². The molecule has 1 aliphatic rings. The van der Waals surface area contributed by atoms with Gasteiger partial charge in [0.25, 0.3) is 0 Å². The second kappa shape index (κ2) is 4.57. The van der Waals surface area contributed by atoms with Crippen LogP contribution in [-0.2, 0) is 11.2 Å². The molecule has 1 amide bonds. The molecule has 0 spiro atoms. The van der Waals surface area contributed by atoms with E-state index in [-0.39, 0.29) is 5.91 Å². The van der Waals surface area contributed by atoms with E-state index in [0.29, 0.717) is 12.5 Å². The minimum Gasteiger partial charge on any atom is -0.496 e. The normalized spacial score (nSPS) is 16.6. The number of carbonyl (C=O) groups excluding carboxylic acids is 1. The molecule has 1 aliphatic carbocycles. The number of rotatable bonds is 3. The molecule has 1 N–H and O–H groups in total. The highest BCUT2D eigenvalue weighted by molar-refractivity contribution is 5.93. The second-order valence-corrected chi connectivity index (χ2v) is 5.03. The van der Waals surface area contributed by atoms with Gasteiger partial charge >= 0.3 is 0 Å². The Morgan fingerprint density at radius 1 is 1.37 bits per heavy atom. The van der Waals surface area contributed by atoms with Crippen LogP contribution < -0.4 is 10.1 Å². The smallest absolute Gasteiger partial charge is 0.216 e. The van der Waals surface area contributed by atoms with Gasteiger partial charge in [-0.05, 0) is 28.8 Å². The molecule has 19 heavy (non-hydrogen) atoms. The van der Waals surface area contributed by atoms with Gasteiger partial charge in [-0.2, -0.15) is 0 Å². The van der Waals surface area contributed by atoms with Gasteiger partial charge in [0.05, 0.1) is 7.11 Å². The second-order valence-electron chi connectivity index (χ2n) is 5.03. The van der Waals surface area contributed by atoms with Gasteiger partial charge in [-0.1, -0.05) is 24.3 Å². The molecule has 0 aliphatic heterocycles. The van der Waals surface area contributed by atoms with Crippen molar-refractivity contribution in [1.82, 2.24) is 5.32 Å². The van der Waals surface area contributed by atoms with Gasteiger partial charge in [-0.15, -0.1) is 0 Å². The first kappa shape index (κ1) is 12.0. The highest BCUT2D eigenvalue weighted by Gasteiger charge is 2.27. The number of ether oxygens (including phenoxy) is 1. The van der Waals surface area contributed by atoms with Crippen LogP contribution >= 0.6 is 0 Å². The van der Waals surface area contributed by atoms with Crippen molar-refractivity contribution in [2.24, 2.45) is 0 Å². The molecule has 2 aromatic rings. The van der Waals surface area contributed by atoms with Gasteiger partial charge in [0.1, 0.15) is 5.75 Å². The Labute approximate surface area is 112 Å². The third-order valence-corrected chi connectivity index (χ3v) is 3.82. The minimum atomic E-state index is 0.0158. The first-order chi connectivity index (χ1) is 9.20. The largest absolute Gasteiger partial charge is 0.496 e. The summed E-state index contributed by atoms with van der Waals surface area (Å²) in [6, 6.07) is 10.5. The Morgan fingerprint density at radius 2 is 2.21 bits per heavy atom. The molecule has 98 valence electrons. The van der Waals surface area contributed by atoms with Crippen molar-refractivity contribution in [3.05, 3.63) is 41.5 Å². The molecule has 0 radical (unpaired) electrons. The fourth-order valence-corrected chi connectivity index (χ4v) is 3.03. The van der Waals surface area contributed by atoms with Crippen LogP contribution in [0.3, 0.4) is 0 Å². The molecule has 3 heteroatoms. The van der Waals surface area contributed by atoms with Crippen molar-refractivity contribution in [1.29, 1.82) is 0 Å². The Bertz CT molecular complexity index is 648. The van der Waals surface area contributed by atoms with E-state index in [1.807, 2.05) is 6.07 Å². The number of benzene rings is 2. The van der Waals surface area contributed by atoms with Crippen LogP contribution in [0.4, 0.5) is 0 Å². The summed E-state index contributed by atoms with van der Waals surface area (Å²) in [6.45, 7) is 2.22. The van der Waals surface area contributed by atoms with Crippen LogP contribution in [0.25, 0.3) is 10.8 Å². The maximum absolute atomic E-state index is 11.1. The standard InChI is InChI=1S/C16H17NO2/c1-10(18)17-9-13-8-12-5-3-4-11-6-7-14(19-2)16(13)15(11)12/h3-7,13H,8-9H2,1-2H3,(H,17,18)/t13-/m0/s1. The van der Waals surface area contributed by atoms with Gasteiger partial charge in [0, 0.05) is 24.9 Å². The lowest BCUT2D eigenvalue weighted by Crippen LogP contribution is -2.25. The number of hydrogen-bond acceptors (Lipinski definition) is 2. The van der Waals surface area contributed by atoms with Crippen LogP contribution in [0.15, 0.2) is 30.3 Å². The minimum absolute atomic E-state index is 0.0158. The molecule has 2 aromatic carbocycles. The Morgan fingerprint density at radius 3 is 2.95 bits per heavy atom. The van der Waals surface area contributed by atoms with Crippen molar-refractivity contribution in [3.63, 3.8) is 0 Å². The van der Waals surface area contributed by atoms with Crippen LogP contribution in [0, 0.1) is 0 Å². The van der Waals surface area contributed by atoms with Gasteiger partial charge in [0.15, 0.2) is 0 Å². The van der Waals surface area contributed by atoms with E-state index in [2.05, 4.69) is 29.6 Å². The predicted molar refractivity (Wildman–Crippen MR) is 75.6 cm³/mol. The van der Waals surface area contributed by atoms with Gasteiger partial charge in [0.2, 0.25) is 5.91 Å². The van der Waals surface area contributed by atoms with Crippen molar-refractivity contribution in [2.45, 2.75) is 19.3 Å². The zero-order valence-corrected chi connectivity index (χ0v) is 11.2. The molecule has 3 nitrogen and oxygen atoms in total. The highest BCUT2D eigenvalue weighted by Crippen LogP contribution is 2.43. The van der Waals surface area contributed by atoms with Gasteiger partial charge in [-0.25, -0.2) is 0 Å². The van der Waals surface area contributed by atoms with Crippen molar-refractivity contribution >= 4 is 16.7 Å². The highest BCUT2D eigenvalue weighted by atomic mass is 16.5. The first-order valence-electron chi connectivity index (χ1n) is 6.53. The summed E-state index contributed by atoms with van der Waals surface area (Å²) in [6.07, 6.45) is 0.966. The Balaban J connectivity index is 2.09. The van der Waals surface area contributed by atoms with Gasteiger partial charge in [-0.3, -0.25) is 4.79 Å². The number of methoxy groups -OCH3 is 1. The van der Waals surface area contributed by atoms with E-state index in [4.69, 9.17) is 4.74 Å². The molecule has 0 aromatic heterocycles. The molecule has 0 unspecified atom stereocenters. The third-order valence-electron chi connectivity index (χ3n) is 3.82.